The molecule has 3 aliphatic rings. The van der Waals surface area contributed by atoms with Crippen molar-refractivity contribution in [3.05, 3.63) is 0 Å². The van der Waals surface area contributed by atoms with Crippen LogP contribution in [-0.4, -0.2) is 24.5 Å². The monoisotopic (exact) mass is 278 g/mol. The maximum atomic E-state index is 12.2. The molecule has 2 N–H and O–H groups in total. The van der Waals surface area contributed by atoms with E-state index >= 15 is 0 Å². The maximum Gasteiger partial charge on any atom is 0.220 e. The molecular weight excluding hydrogens is 248 g/mol. The number of fused-ring (bicyclic) bond motifs is 2. The molecular formula is C17H30N2O. The molecule has 0 aromatic heterocycles. The Morgan fingerprint density at radius 3 is 2.65 bits per heavy atom. The molecule has 4 unspecified atom stereocenters. The molecule has 2 saturated carbocycles. The van der Waals surface area contributed by atoms with Crippen LogP contribution in [0.4, 0.5) is 0 Å². The van der Waals surface area contributed by atoms with Crippen LogP contribution in [0.1, 0.15) is 65.7 Å². The third-order valence-electron chi connectivity index (χ3n) is 7.01. The first kappa shape index (κ1) is 14.4. The van der Waals surface area contributed by atoms with Crippen LogP contribution in [0.5, 0.6) is 0 Å². The lowest BCUT2D eigenvalue weighted by Gasteiger charge is -2.39. The summed E-state index contributed by atoms with van der Waals surface area (Å²) in [5.74, 6) is 1.07. The fraction of sp³-hybridized carbons (Fsp3) is 0.941. The molecule has 3 nitrogen and oxygen atoms in total. The first-order valence-electron chi connectivity index (χ1n) is 8.46. The number of carbonyl (C=O) groups excluding carboxylic acids is 1. The molecule has 0 radical (unpaired) electrons. The molecule has 20 heavy (non-hydrogen) atoms. The Bertz CT molecular complexity index is 386. The van der Waals surface area contributed by atoms with E-state index in [2.05, 4.69) is 31.4 Å². The largest absolute Gasteiger partial charge is 0.353 e. The van der Waals surface area contributed by atoms with Crippen molar-refractivity contribution >= 4 is 5.91 Å². The van der Waals surface area contributed by atoms with Crippen molar-refractivity contribution in [2.75, 3.05) is 6.54 Å². The fourth-order valence-corrected chi connectivity index (χ4v) is 5.00. The zero-order valence-corrected chi connectivity index (χ0v) is 13.3. The van der Waals surface area contributed by atoms with Gasteiger partial charge in [0, 0.05) is 18.5 Å². The Morgan fingerprint density at radius 2 is 2.10 bits per heavy atom. The summed E-state index contributed by atoms with van der Waals surface area (Å²) in [7, 11) is 0. The number of hydrogen-bond donors (Lipinski definition) is 2. The highest BCUT2D eigenvalue weighted by molar-refractivity contribution is 5.76. The van der Waals surface area contributed by atoms with E-state index < -0.39 is 0 Å². The SMILES string of the molecule is CC1(C)C2CCC1(C)C(NC(=O)CCC1CCCN1)C2. The van der Waals surface area contributed by atoms with Crippen molar-refractivity contribution in [3.8, 4) is 0 Å². The molecule has 0 aromatic rings. The van der Waals surface area contributed by atoms with Gasteiger partial charge >= 0.3 is 0 Å². The van der Waals surface area contributed by atoms with Gasteiger partial charge in [0.05, 0.1) is 0 Å². The van der Waals surface area contributed by atoms with E-state index in [0.717, 1.165) is 18.9 Å². The van der Waals surface area contributed by atoms with Crippen LogP contribution in [0, 0.1) is 16.7 Å². The molecule has 2 aliphatic carbocycles. The quantitative estimate of drug-likeness (QED) is 0.830. The molecule has 1 saturated heterocycles. The van der Waals surface area contributed by atoms with Gasteiger partial charge in [-0.15, -0.1) is 0 Å². The average molecular weight is 278 g/mol. The van der Waals surface area contributed by atoms with Gasteiger partial charge in [-0.25, -0.2) is 0 Å². The first-order chi connectivity index (χ1) is 9.43. The fourth-order valence-electron chi connectivity index (χ4n) is 5.00. The van der Waals surface area contributed by atoms with E-state index in [-0.39, 0.29) is 5.91 Å². The minimum absolute atomic E-state index is 0.272. The van der Waals surface area contributed by atoms with E-state index in [1.165, 1.54) is 32.1 Å². The lowest BCUT2D eigenvalue weighted by atomic mass is 9.69. The van der Waals surface area contributed by atoms with Crippen molar-refractivity contribution < 1.29 is 4.79 Å². The van der Waals surface area contributed by atoms with Crippen molar-refractivity contribution in [2.45, 2.75) is 77.8 Å². The second kappa shape index (κ2) is 5.01. The molecule has 0 spiro atoms. The molecule has 2 bridgehead atoms. The van der Waals surface area contributed by atoms with Crippen LogP contribution < -0.4 is 10.6 Å². The van der Waals surface area contributed by atoms with E-state index in [0.29, 0.717) is 29.3 Å². The summed E-state index contributed by atoms with van der Waals surface area (Å²) in [5, 5.41) is 6.84. The molecule has 0 aromatic carbocycles. The second-order valence-corrected chi connectivity index (χ2v) is 8.06. The van der Waals surface area contributed by atoms with Crippen LogP contribution >= 0.6 is 0 Å². The lowest BCUT2D eigenvalue weighted by molar-refractivity contribution is -0.123. The van der Waals surface area contributed by atoms with Crippen molar-refractivity contribution in [2.24, 2.45) is 16.7 Å². The highest BCUT2D eigenvalue weighted by atomic mass is 16.1. The van der Waals surface area contributed by atoms with E-state index in [4.69, 9.17) is 0 Å². The maximum absolute atomic E-state index is 12.2. The summed E-state index contributed by atoms with van der Waals surface area (Å²) in [4.78, 5) is 12.2. The van der Waals surface area contributed by atoms with Gasteiger partial charge in [0.2, 0.25) is 5.91 Å². The molecule has 1 heterocycles. The van der Waals surface area contributed by atoms with Crippen LogP contribution in [0.25, 0.3) is 0 Å². The molecule has 4 atom stereocenters. The van der Waals surface area contributed by atoms with Gasteiger partial charge in [0.25, 0.3) is 0 Å². The van der Waals surface area contributed by atoms with Gasteiger partial charge in [-0.3, -0.25) is 4.79 Å². The molecule has 1 amide bonds. The lowest BCUT2D eigenvalue weighted by Crippen LogP contribution is -2.47. The number of carbonyl (C=O) groups is 1. The summed E-state index contributed by atoms with van der Waals surface area (Å²) in [6.07, 6.45) is 8.02. The smallest absolute Gasteiger partial charge is 0.220 e. The van der Waals surface area contributed by atoms with E-state index in [9.17, 15) is 4.79 Å². The second-order valence-electron chi connectivity index (χ2n) is 8.06. The molecule has 3 fully saturated rings. The minimum atomic E-state index is 0.272. The van der Waals surface area contributed by atoms with Crippen molar-refractivity contribution in [1.82, 2.24) is 10.6 Å². The van der Waals surface area contributed by atoms with Gasteiger partial charge in [-0.05, 0) is 61.8 Å². The standard InChI is InChI=1S/C17H30N2O/c1-16(2)12-8-9-17(16,3)14(11-12)19-15(20)7-6-13-5-4-10-18-13/h12-14,18H,4-11H2,1-3H3,(H,19,20). The predicted molar refractivity (Wildman–Crippen MR) is 81.4 cm³/mol. The number of rotatable bonds is 4. The highest BCUT2D eigenvalue weighted by Crippen LogP contribution is 2.65. The zero-order chi connectivity index (χ0) is 14.4. The summed E-state index contributed by atoms with van der Waals surface area (Å²) in [5.41, 5.74) is 0.691. The molecule has 1 aliphatic heterocycles. The third-order valence-corrected chi connectivity index (χ3v) is 7.01. The summed E-state index contributed by atoms with van der Waals surface area (Å²) in [6, 6.07) is 0.980. The Kier molecular flexibility index (Phi) is 3.60. The highest BCUT2D eigenvalue weighted by Gasteiger charge is 2.61. The van der Waals surface area contributed by atoms with Crippen LogP contribution in [0.3, 0.4) is 0 Å². The Balaban J connectivity index is 1.52. The van der Waals surface area contributed by atoms with E-state index in [1.54, 1.807) is 0 Å². The minimum Gasteiger partial charge on any atom is -0.353 e. The Hall–Kier alpha value is -0.570. The number of nitrogens with one attached hydrogen (secondary N) is 2. The summed E-state index contributed by atoms with van der Waals surface area (Å²) < 4.78 is 0. The van der Waals surface area contributed by atoms with Crippen LogP contribution in [0.2, 0.25) is 0 Å². The van der Waals surface area contributed by atoms with Crippen LogP contribution in [-0.2, 0) is 4.79 Å². The summed E-state index contributed by atoms with van der Waals surface area (Å²) >= 11 is 0. The average Bonchev–Trinajstić information content (AvgIpc) is 3.02. The normalized spacial score (nSPS) is 42.0. The van der Waals surface area contributed by atoms with Crippen molar-refractivity contribution in [3.63, 3.8) is 0 Å². The van der Waals surface area contributed by atoms with Gasteiger partial charge in [0.1, 0.15) is 0 Å². The van der Waals surface area contributed by atoms with Gasteiger partial charge in [0.15, 0.2) is 0 Å². The summed E-state index contributed by atoms with van der Waals surface area (Å²) in [6.45, 7) is 8.32. The zero-order valence-electron chi connectivity index (χ0n) is 13.3. The Labute approximate surface area is 123 Å². The number of amides is 1. The van der Waals surface area contributed by atoms with Gasteiger partial charge < -0.3 is 10.6 Å². The van der Waals surface area contributed by atoms with Gasteiger partial charge in [-0.2, -0.15) is 0 Å². The van der Waals surface area contributed by atoms with E-state index in [1.807, 2.05) is 0 Å². The Morgan fingerprint density at radius 1 is 1.30 bits per heavy atom. The van der Waals surface area contributed by atoms with Crippen molar-refractivity contribution in [1.29, 1.82) is 0 Å². The molecule has 3 rings (SSSR count). The topological polar surface area (TPSA) is 41.1 Å². The third kappa shape index (κ3) is 2.18. The number of hydrogen-bond acceptors (Lipinski definition) is 2. The van der Waals surface area contributed by atoms with Gasteiger partial charge in [-0.1, -0.05) is 20.8 Å². The van der Waals surface area contributed by atoms with Crippen LogP contribution in [0.15, 0.2) is 0 Å². The first-order valence-corrected chi connectivity index (χ1v) is 8.46. The molecule has 3 heteroatoms. The molecule has 114 valence electrons. The predicted octanol–water partition coefficient (Wildman–Crippen LogP) is 2.85.